The number of allylic oxidation sites excluding steroid dienone is 5. The number of aliphatic hydroxyl groups excluding tert-OH is 1. The lowest BCUT2D eigenvalue weighted by Gasteiger charge is -2.49. The third-order valence-corrected chi connectivity index (χ3v) is 12.9. The van der Waals surface area contributed by atoms with E-state index < -0.39 is 35.6 Å². The van der Waals surface area contributed by atoms with Crippen molar-refractivity contribution in [2.45, 2.75) is 89.2 Å². The molecule has 1 aliphatic carbocycles. The molecule has 5 heterocycles. The average Bonchev–Trinajstić information content (AvgIpc) is 3.26. The van der Waals surface area contributed by atoms with Crippen molar-refractivity contribution in [1.29, 1.82) is 0 Å². The van der Waals surface area contributed by atoms with Crippen LogP contribution in [0.15, 0.2) is 92.1 Å². The van der Waals surface area contributed by atoms with Crippen LogP contribution in [0, 0.1) is 11.8 Å². The number of dihydropyridines is 2. The van der Waals surface area contributed by atoms with Crippen molar-refractivity contribution in [3.63, 3.8) is 0 Å². The van der Waals surface area contributed by atoms with Crippen LogP contribution in [0.25, 0.3) is 11.0 Å². The highest BCUT2D eigenvalue weighted by Crippen LogP contribution is 2.56. The minimum Gasteiger partial charge on any atom is -0.508 e. The minimum absolute atomic E-state index is 0.0317. The highest BCUT2D eigenvalue weighted by Gasteiger charge is 2.53. The first-order chi connectivity index (χ1) is 27.9. The van der Waals surface area contributed by atoms with Crippen LogP contribution in [0.5, 0.6) is 17.2 Å². The van der Waals surface area contributed by atoms with E-state index in [1.807, 2.05) is 45.3 Å². The summed E-state index contributed by atoms with van der Waals surface area (Å²) in [6.45, 7) is 4.26. The summed E-state index contributed by atoms with van der Waals surface area (Å²) < 4.78 is 20.4. The number of esters is 1. The van der Waals surface area contributed by atoms with Crippen LogP contribution in [0.3, 0.4) is 0 Å². The number of nitrogens with two attached hydrogens (primary N) is 2. The van der Waals surface area contributed by atoms with Crippen LogP contribution in [0.4, 0.5) is 0 Å². The summed E-state index contributed by atoms with van der Waals surface area (Å²) in [7, 11) is 1.82. The molecule has 6 unspecified atom stereocenters. The number of fused-ring (bicyclic) bond motifs is 5. The number of hydrogen-bond acceptors (Lipinski definition) is 13. The second kappa shape index (κ2) is 15.7. The van der Waals surface area contributed by atoms with Gasteiger partial charge in [-0.15, -0.1) is 0 Å². The SMILES string of the molecule is CC=C(CCNC)C(=O)OC1Cc2c3c(c4oc(CO)cc(=O)c4c2O)C2Cc4cc(O)ccc4CCC(CC(CC4=CNC(N)C=C4)C1(C)O3)C1=C(N)NCC=C12. The fourth-order valence-corrected chi connectivity index (χ4v) is 9.76. The molecule has 0 fully saturated rings. The molecule has 0 radical (unpaired) electrons. The van der Waals surface area contributed by atoms with Gasteiger partial charge >= 0.3 is 5.97 Å². The fraction of sp³-hybridized carbons (Fsp3) is 0.422. The highest BCUT2D eigenvalue weighted by atomic mass is 16.6. The highest BCUT2D eigenvalue weighted by molar-refractivity contribution is 5.92. The Morgan fingerprint density at radius 2 is 2.02 bits per heavy atom. The molecule has 3 aromatic rings. The van der Waals surface area contributed by atoms with E-state index in [2.05, 4.69) is 22.0 Å². The summed E-state index contributed by atoms with van der Waals surface area (Å²) in [6.07, 6.45) is 11.8. The maximum atomic E-state index is 14.1. The van der Waals surface area contributed by atoms with Gasteiger partial charge in [0.15, 0.2) is 5.43 Å². The van der Waals surface area contributed by atoms with Crippen molar-refractivity contribution in [3.05, 3.63) is 121 Å². The molecule has 2 aromatic carbocycles. The lowest BCUT2D eigenvalue weighted by molar-refractivity contribution is -0.165. The Bertz CT molecular complexity index is 2380. The fourth-order valence-electron chi connectivity index (χ4n) is 9.76. The number of aliphatic hydroxyl groups is 1. The Morgan fingerprint density at radius 1 is 1.19 bits per heavy atom. The standard InChI is InChI=1S/C45H53N5O8/c1-4-24(11-13-48-3)44(55)57-35-20-33-40(54)39-34(53)19-30(22-51)56-42(39)38-32-18-27-17-29(52)9-8-25(27)6-7-26(37-31(32)12-14-49-43(37)47)16-28(45(35,2)58-41(33)38)15-23-5-10-36(46)50-21-23/h4-5,8-10,12,17,19,21,26,28,32,35-36,48-52,54H,6-7,11,13-16,18,20,22,46-47H2,1-3H3. The molecule has 5 aliphatic rings. The van der Waals surface area contributed by atoms with Crippen molar-refractivity contribution in [3.8, 4) is 17.2 Å². The molecule has 4 aliphatic heterocycles. The third kappa shape index (κ3) is 6.94. The topological polar surface area (TPSA) is 215 Å². The number of hydrogen-bond donors (Lipinski definition) is 8. The van der Waals surface area contributed by atoms with E-state index in [-0.39, 0.29) is 52.7 Å². The van der Waals surface area contributed by atoms with Crippen molar-refractivity contribution in [2.24, 2.45) is 23.3 Å². The molecule has 8 rings (SSSR count). The van der Waals surface area contributed by atoms with Gasteiger partial charge in [-0.25, -0.2) is 4.79 Å². The number of ether oxygens (including phenoxy) is 2. The lowest BCUT2D eigenvalue weighted by atomic mass is 9.67. The molecular weight excluding hydrogens is 739 g/mol. The second-order valence-electron chi connectivity index (χ2n) is 16.3. The van der Waals surface area contributed by atoms with Crippen LogP contribution in [-0.2, 0) is 35.4 Å². The number of carbonyl (C=O) groups is 1. The smallest absolute Gasteiger partial charge is 0.334 e. The van der Waals surface area contributed by atoms with Crippen molar-refractivity contribution < 1.29 is 34.0 Å². The number of carbonyl (C=O) groups excluding carboxylic acids is 1. The summed E-state index contributed by atoms with van der Waals surface area (Å²) >= 11 is 0. The summed E-state index contributed by atoms with van der Waals surface area (Å²) in [5.41, 5.74) is 17.8. The zero-order chi connectivity index (χ0) is 40.9. The Morgan fingerprint density at radius 3 is 2.76 bits per heavy atom. The van der Waals surface area contributed by atoms with E-state index in [0.717, 1.165) is 27.8 Å². The molecule has 58 heavy (non-hydrogen) atoms. The quantitative estimate of drug-likeness (QED) is 0.119. The first-order valence-electron chi connectivity index (χ1n) is 20.2. The Hall–Kier alpha value is -5.50. The Balaban J connectivity index is 1.45. The van der Waals surface area contributed by atoms with Gasteiger partial charge in [0.2, 0.25) is 0 Å². The molecule has 4 bridgehead atoms. The monoisotopic (exact) mass is 791 g/mol. The number of phenols is 2. The number of phenolic OH excluding ortho intramolecular Hbond substituents is 2. The molecule has 10 N–H and O–H groups in total. The zero-order valence-corrected chi connectivity index (χ0v) is 33.2. The molecule has 13 heteroatoms. The van der Waals surface area contributed by atoms with Crippen molar-refractivity contribution >= 4 is 16.9 Å². The van der Waals surface area contributed by atoms with Crippen LogP contribution >= 0.6 is 0 Å². The second-order valence-corrected chi connectivity index (χ2v) is 16.3. The van der Waals surface area contributed by atoms with Crippen molar-refractivity contribution in [2.75, 3.05) is 20.1 Å². The predicted molar refractivity (Wildman–Crippen MR) is 220 cm³/mol. The number of aromatic hydroxyl groups is 2. The molecule has 1 aromatic heterocycles. The molecule has 6 atom stereocenters. The summed E-state index contributed by atoms with van der Waals surface area (Å²) in [5, 5.41) is 43.1. The normalized spacial score (nSPS) is 26.4. The number of rotatable bonds is 8. The van der Waals surface area contributed by atoms with Gasteiger partial charge in [0.05, 0.1) is 6.17 Å². The molecular formula is C45H53N5O8. The van der Waals surface area contributed by atoms with Crippen LogP contribution in [0.2, 0.25) is 0 Å². The average molecular weight is 792 g/mol. The first-order valence-corrected chi connectivity index (χ1v) is 20.2. The van der Waals surface area contributed by atoms with Gasteiger partial charge < -0.3 is 56.6 Å². The van der Waals surface area contributed by atoms with Crippen LogP contribution in [0.1, 0.15) is 73.5 Å². The van der Waals surface area contributed by atoms with Crippen LogP contribution in [-0.4, -0.2) is 59.3 Å². The third-order valence-electron chi connectivity index (χ3n) is 12.9. The van der Waals surface area contributed by atoms with Gasteiger partial charge in [-0.3, -0.25) is 4.79 Å². The Kier molecular flexibility index (Phi) is 10.6. The van der Waals surface area contributed by atoms with Gasteiger partial charge in [-0.1, -0.05) is 24.3 Å². The summed E-state index contributed by atoms with van der Waals surface area (Å²) in [4.78, 5) is 28.2. The first kappa shape index (κ1) is 39.3. The van der Waals surface area contributed by atoms with E-state index in [9.17, 15) is 24.9 Å². The largest absolute Gasteiger partial charge is 0.508 e. The van der Waals surface area contributed by atoms with E-state index in [1.54, 1.807) is 18.2 Å². The minimum atomic E-state index is -1.21. The van der Waals surface area contributed by atoms with Gasteiger partial charge in [0, 0.05) is 53.8 Å². The Labute approximate surface area is 337 Å². The number of nitrogens with one attached hydrogen (secondary N) is 3. The molecule has 0 amide bonds. The van der Waals surface area contributed by atoms with E-state index in [4.69, 9.17) is 25.4 Å². The molecule has 0 spiro atoms. The van der Waals surface area contributed by atoms with E-state index in [0.29, 0.717) is 79.9 Å². The van der Waals surface area contributed by atoms with Gasteiger partial charge in [0.1, 0.15) is 58.1 Å². The summed E-state index contributed by atoms with van der Waals surface area (Å²) in [6, 6.07) is 6.65. The maximum absolute atomic E-state index is 14.1. The van der Waals surface area contributed by atoms with E-state index >= 15 is 0 Å². The zero-order valence-electron chi connectivity index (χ0n) is 33.2. The van der Waals surface area contributed by atoms with Gasteiger partial charge in [-0.05, 0) is 118 Å². The van der Waals surface area contributed by atoms with Gasteiger partial charge in [-0.2, -0.15) is 0 Å². The maximum Gasteiger partial charge on any atom is 0.334 e. The number of benzene rings is 2. The lowest BCUT2D eigenvalue weighted by Crippen LogP contribution is -2.57. The molecule has 0 saturated heterocycles. The number of aryl methyl sites for hydroxylation is 1. The summed E-state index contributed by atoms with van der Waals surface area (Å²) in [5.74, 6) is -0.750. The molecule has 0 saturated carbocycles. The predicted octanol–water partition coefficient (Wildman–Crippen LogP) is 4.18. The van der Waals surface area contributed by atoms with Crippen LogP contribution < -0.4 is 37.6 Å². The van der Waals surface area contributed by atoms with Crippen molar-refractivity contribution in [1.82, 2.24) is 16.0 Å². The molecule has 306 valence electrons. The van der Waals surface area contributed by atoms with Gasteiger partial charge in [0.25, 0.3) is 0 Å². The van der Waals surface area contributed by atoms with E-state index in [1.165, 1.54) is 6.07 Å². The molecule has 13 nitrogen and oxygen atoms in total.